The van der Waals surface area contributed by atoms with Crippen LogP contribution in [-0.4, -0.2) is 33.5 Å². The first-order valence-corrected chi connectivity index (χ1v) is 5.47. The van der Waals surface area contributed by atoms with E-state index in [9.17, 15) is 15.0 Å². The second-order valence-corrected chi connectivity index (χ2v) is 4.84. The van der Waals surface area contributed by atoms with E-state index in [-0.39, 0.29) is 0 Å². The number of carbonyl (C=O) groups excluding carboxylic acids is 1. The van der Waals surface area contributed by atoms with Gasteiger partial charge in [0.25, 0.3) is 0 Å². The molecule has 1 unspecified atom stereocenters. The van der Waals surface area contributed by atoms with Crippen LogP contribution in [0.15, 0.2) is 24.3 Å². The van der Waals surface area contributed by atoms with Gasteiger partial charge in [-0.15, -0.1) is 0 Å². The minimum atomic E-state index is -1.48. The quantitative estimate of drug-likeness (QED) is 0.567. The highest BCUT2D eigenvalue weighted by molar-refractivity contribution is 5.66. The van der Waals surface area contributed by atoms with Crippen molar-refractivity contribution < 1.29 is 19.7 Å². The second-order valence-electron chi connectivity index (χ2n) is 4.84. The zero-order chi connectivity index (χ0) is 13.9. The second kappa shape index (κ2) is 5.47. The van der Waals surface area contributed by atoms with E-state index in [0.717, 1.165) is 0 Å². The highest BCUT2D eigenvalue weighted by atomic mass is 16.6. The molecule has 0 aromatic carbocycles. The SMILES string of the molecule is C=C(C)C(O)(/C=C\C(C)(C)O)[C@@H](C)OC(C)=O. The van der Waals surface area contributed by atoms with Crippen LogP contribution in [0.4, 0.5) is 0 Å². The molecule has 2 atom stereocenters. The minimum Gasteiger partial charge on any atom is -0.459 e. The summed E-state index contributed by atoms with van der Waals surface area (Å²) in [5.41, 5.74) is -2.10. The summed E-state index contributed by atoms with van der Waals surface area (Å²) >= 11 is 0. The van der Waals surface area contributed by atoms with Gasteiger partial charge in [-0.2, -0.15) is 0 Å². The van der Waals surface area contributed by atoms with Gasteiger partial charge >= 0.3 is 5.97 Å². The highest BCUT2D eigenvalue weighted by Gasteiger charge is 2.35. The molecule has 0 saturated heterocycles. The maximum atomic E-state index is 10.9. The summed E-state index contributed by atoms with van der Waals surface area (Å²) in [6.07, 6.45) is 2.08. The van der Waals surface area contributed by atoms with Crippen LogP contribution >= 0.6 is 0 Å². The van der Waals surface area contributed by atoms with Gasteiger partial charge in [-0.1, -0.05) is 12.7 Å². The van der Waals surface area contributed by atoms with Gasteiger partial charge in [0.15, 0.2) is 0 Å². The molecule has 0 bridgehead atoms. The third kappa shape index (κ3) is 5.15. The first-order valence-electron chi connectivity index (χ1n) is 5.47. The molecule has 0 heterocycles. The highest BCUT2D eigenvalue weighted by Crippen LogP contribution is 2.25. The van der Waals surface area contributed by atoms with Crippen molar-refractivity contribution in [3.8, 4) is 0 Å². The van der Waals surface area contributed by atoms with Crippen LogP contribution in [0.1, 0.15) is 34.6 Å². The Kier molecular flexibility index (Phi) is 5.11. The van der Waals surface area contributed by atoms with E-state index < -0.39 is 23.3 Å². The molecule has 0 saturated carbocycles. The van der Waals surface area contributed by atoms with Gasteiger partial charge in [0.2, 0.25) is 0 Å². The molecule has 0 aromatic rings. The summed E-state index contributed by atoms with van der Waals surface area (Å²) in [6.45, 7) is 11.3. The topological polar surface area (TPSA) is 66.8 Å². The lowest BCUT2D eigenvalue weighted by Gasteiger charge is -2.32. The van der Waals surface area contributed by atoms with Gasteiger partial charge in [-0.05, 0) is 39.3 Å². The van der Waals surface area contributed by atoms with E-state index in [1.165, 1.54) is 19.1 Å². The van der Waals surface area contributed by atoms with Gasteiger partial charge < -0.3 is 14.9 Å². The molecular weight excluding hydrogens is 220 g/mol. The molecule has 0 fully saturated rings. The van der Waals surface area contributed by atoms with Crippen molar-refractivity contribution in [2.45, 2.75) is 51.9 Å². The zero-order valence-corrected chi connectivity index (χ0v) is 11.2. The molecule has 0 aromatic heterocycles. The third-order valence-corrected chi connectivity index (χ3v) is 2.39. The summed E-state index contributed by atoms with van der Waals surface area (Å²) < 4.78 is 4.96. The normalized spacial score (nSPS) is 17.6. The van der Waals surface area contributed by atoms with Crippen molar-refractivity contribution in [2.24, 2.45) is 0 Å². The first kappa shape index (κ1) is 15.9. The summed E-state index contributed by atoms with van der Waals surface area (Å²) in [6, 6.07) is 0. The van der Waals surface area contributed by atoms with Gasteiger partial charge in [-0.25, -0.2) is 0 Å². The van der Waals surface area contributed by atoms with E-state index in [2.05, 4.69) is 6.58 Å². The standard InChI is InChI=1S/C13H22O4/c1-9(2)13(16,8-7-12(5,6)15)10(3)17-11(4)14/h7-8,10,15-16H,1H2,2-6H3/b8-7-/t10-,13?/m1/s1. The zero-order valence-electron chi connectivity index (χ0n) is 11.2. The maximum absolute atomic E-state index is 10.9. The molecule has 0 spiro atoms. The molecule has 2 N–H and O–H groups in total. The molecule has 0 aliphatic rings. The van der Waals surface area contributed by atoms with Crippen molar-refractivity contribution in [3.05, 3.63) is 24.3 Å². The molecule has 0 radical (unpaired) electrons. The number of aliphatic hydroxyl groups is 2. The van der Waals surface area contributed by atoms with Gasteiger partial charge in [-0.3, -0.25) is 4.79 Å². The van der Waals surface area contributed by atoms with E-state index in [4.69, 9.17) is 4.74 Å². The van der Waals surface area contributed by atoms with Crippen molar-refractivity contribution in [1.82, 2.24) is 0 Å². The average Bonchev–Trinajstić information content (AvgIpc) is 2.11. The Morgan fingerprint density at radius 3 is 2.06 bits per heavy atom. The number of esters is 1. The van der Waals surface area contributed by atoms with Crippen LogP contribution in [0.25, 0.3) is 0 Å². The average molecular weight is 242 g/mol. The van der Waals surface area contributed by atoms with E-state index in [0.29, 0.717) is 5.57 Å². The molecule has 4 heteroatoms. The molecule has 17 heavy (non-hydrogen) atoms. The lowest BCUT2D eigenvalue weighted by Crippen LogP contribution is -2.42. The van der Waals surface area contributed by atoms with E-state index in [1.807, 2.05) is 0 Å². The number of hydrogen-bond donors (Lipinski definition) is 2. The largest absolute Gasteiger partial charge is 0.459 e. The van der Waals surface area contributed by atoms with Gasteiger partial charge in [0, 0.05) is 6.92 Å². The van der Waals surface area contributed by atoms with Gasteiger partial charge in [0.1, 0.15) is 11.7 Å². The van der Waals surface area contributed by atoms with Crippen LogP contribution in [0.2, 0.25) is 0 Å². The van der Waals surface area contributed by atoms with Crippen LogP contribution in [-0.2, 0) is 9.53 Å². The van der Waals surface area contributed by atoms with Crippen molar-refractivity contribution in [1.29, 1.82) is 0 Å². The number of ether oxygens (including phenoxy) is 1. The van der Waals surface area contributed by atoms with Crippen molar-refractivity contribution >= 4 is 5.97 Å². The predicted molar refractivity (Wildman–Crippen MR) is 66.4 cm³/mol. The smallest absolute Gasteiger partial charge is 0.303 e. The van der Waals surface area contributed by atoms with Crippen molar-refractivity contribution in [2.75, 3.05) is 0 Å². The fourth-order valence-electron chi connectivity index (χ4n) is 1.29. The van der Waals surface area contributed by atoms with Crippen LogP contribution < -0.4 is 0 Å². The number of rotatable bonds is 5. The summed E-state index contributed by atoms with van der Waals surface area (Å²) in [5, 5.41) is 20.0. The molecular formula is C13H22O4. The predicted octanol–water partition coefficient (Wildman–Crippen LogP) is 1.57. The summed E-state index contributed by atoms with van der Waals surface area (Å²) in [4.78, 5) is 10.9. The fourth-order valence-corrected chi connectivity index (χ4v) is 1.29. The Hall–Kier alpha value is -1.13. The fraction of sp³-hybridized carbons (Fsp3) is 0.615. The van der Waals surface area contributed by atoms with Gasteiger partial charge in [0.05, 0.1) is 5.60 Å². The lowest BCUT2D eigenvalue weighted by molar-refractivity contribution is -0.153. The van der Waals surface area contributed by atoms with E-state index in [1.54, 1.807) is 27.7 Å². The van der Waals surface area contributed by atoms with Crippen LogP contribution in [0, 0.1) is 0 Å². The molecule has 0 aliphatic carbocycles. The molecule has 0 rings (SSSR count). The number of carbonyl (C=O) groups is 1. The first-order chi connectivity index (χ1) is 7.49. The monoisotopic (exact) mass is 242 g/mol. The molecule has 0 amide bonds. The van der Waals surface area contributed by atoms with Crippen LogP contribution in [0.3, 0.4) is 0 Å². The van der Waals surface area contributed by atoms with Crippen LogP contribution in [0.5, 0.6) is 0 Å². The Morgan fingerprint density at radius 1 is 1.29 bits per heavy atom. The summed E-state index contributed by atoms with van der Waals surface area (Å²) in [5.74, 6) is -0.478. The van der Waals surface area contributed by atoms with Crippen molar-refractivity contribution in [3.63, 3.8) is 0 Å². The molecule has 0 aliphatic heterocycles. The Labute approximate surface area is 103 Å². The lowest BCUT2D eigenvalue weighted by atomic mass is 9.88. The Balaban J connectivity index is 5.11. The molecule has 4 nitrogen and oxygen atoms in total. The molecule has 98 valence electrons. The minimum absolute atomic E-state index is 0.437. The number of hydrogen-bond acceptors (Lipinski definition) is 4. The Morgan fingerprint density at radius 2 is 1.76 bits per heavy atom. The summed E-state index contributed by atoms with van der Waals surface area (Å²) in [7, 11) is 0. The third-order valence-electron chi connectivity index (χ3n) is 2.39. The maximum Gasteiger partial charge on any atom is 0.303 e. The van der Waals surface area contributed by atoms with E-state index >= 15 is 0 Å². The Bertz CT molecular complexity index is 325.